The van der Waals surface area contributed by atoms with Crippen LogP contribution in [-0.2, 0) is 4.79 Å². The first-order chi connectivity index (χ1) is 7.78. The average molecular weight is 252 g/mol. The van der Waals surface area contributed by atoms with Crippen LogP contribution in [0.25, 0.3) is 0 Å². The summed E-state index contributed by atoms with van der Waals surface area (Å²) in [5, 5.41) is 3.22. The van der Waals surface area contributed by atoms with E-state index in [9.17, 15) is 4.79 Å². The van der Waals surface area contributed by atoms with E-state index in [4.69, 9.17) is 0 Å². The molecule has 1 aliphatic heterocycles. The van der Waals surface area contributed by atoms with Crippen LogP contribution in [0.5, 0.6) is 0 Å². The van der Waals surface area contributed by atoms with Gasteiger partial charge >= 0.3 is 0 Å². The fraction of sp³-hybridized carbons (Fsp3) is 0.615. The van der Waals surface area contributed by atoms with Crippen LogP contribution in [0.4, 0.5) is 5.00 Å². The van der Waals surface area contributed by atoms with Crippen molar-refractivity contribution in [2.45, 2.75) is 33.9 Å². The minimum Gasteiger partial charge on any atom is -0.288 e. The number of carbonyl (C=O) groups excluding carboxylic acids is 1. The largest absolute Gasteiger partial charge is 0.288 e. The molecule has 94 valence electrons. The Morgan fingerprint density at radius 2 is 1.94 bits per heavy atom. The van der Waals surface area contributed by atoms with E-state index in [0.29, 0.717) is 0 Å². The van der Waals surface area contributed by atoms with Crippen LogP contribution in [0.1, 0.15) is 25.0 Å². The summed E-state index contributed by atoms with van der Waals surface area (Å²) in [7, 11) is 4.06. The molecule has 0 N–H and O–H groups in total. The van der Waals surface area contributed by atoms with Gasteiger partial charge in [0.2, 0.25) is 5.91 Å². The molecular formula is C13H20N2OS. The molecule has 1 saturated heterocycles. The highest BCUT2D eigenvalue weighted by molar-refractivity contribution is 7.14. The molecule has 0 spiro atoms. The van der Waals surface area contributed by atoms with E-state index in [-0.39, 0.29) is 17.5 Å². The average Bonchev–Trinajstić information content (AvgIpc) is 2.55. The lowest BCUT2D eigenvalue weighted by Crippen LogP contribution is -2.71. The molecule has 0 saturated carbocycles. The zero-order chi connectivity index (χ0) is 13.0. The number of β-lactam (4-membered cyclic amide) rings is 1. The second kappa shape index (κ2) is 3.82. The van der Waals surface area contributed by atoms with E-state index in [1.165, 1.54) is 11.1 Å². The summed E-state index contributed by atoms with van der Waals surface area (Å²) in [5.41, 5.74) is 2.21. The third-order valence-electron chi connectivity index (χ3n) is 3.63. The van der Waals surface area contributed by atoms with Gasteiger partial charge in [0.25, 0.3) is 0 Å². The number of hydrogen-bond donors (Lipinski definition) is 0. The van der Waals surface area contributed by atoms with E-state index in [0.717, 1.165) is 5.00 Å². The van der Waals surface area contributed by atoms with Crippen molar-refractivity contribution < 1.29 is 4.79 Å². The molecular weight excluding hydrogens is 232 g/mol. The fourth-order valence-corrected chi connectivity index (χ4v) is 3.69. The maximum absolute atomic E-state index is 12.3. The quantitative estimate of drug-likeness (QED) is 0.755. The van der Waals surface area contributed by atoms with Crippen molar-refractivity contribution in [1.82, 2.24) is 4.90 Å². The lowest BCUT2D eigenvalue weighted by atomic mass is 9.78. The molecule has 4 heteroatoms. The number of nitrogens with zero attached hydrogens (tertiary/aromatic N) is 2. The van der Waals surface area contributed by atoms with Crippen LogP contribution in [-0.4, -0.2) is 31.1 Å². The Kier molecular flexibility index (Phi) is 2.83. The predicted octanol–water partition coefficient (Wildman–Crippen LogP) is 2.63. The minimum absolute atomic E-state index is 0.159. The maximum Gasteiger partial charge on any atom is 0.238 e. The predicted molar refractivity (Wildman–Crippen MR) is 72.5 cm³/mol. The van der Waals surface area contributed by atoms with Crippen LogP contribution < -0.4 is 4.90 Å². The van der Waals surface area contributed by atoms with Gasteiger partial charge in [-0.2, -0.15) is 0 Å². The lowest BCUT2D eigenvalue weighted by Gasteiger charge is -2.55. The van der Waals surface area contributed by atoms with E-state index in [2.05, 4.69) is 24.1 Å². The van der Waals surface area contributed by atoms with Crippen LogP contribution in [0.2, 0.25) is 0 Å². The highest BCUT2D eigenvalue weighted by Crippen LogP contribution is 2.46. The maximum atomic E-state index is 12.3. The summed E-state index contributed by atoms with van der Waals surface area (Å²) >= 11 is 1.66. The molecule has 0 aliphatic carbocycles. The number of thiophene rings is 1. The molecule has 0 aromatic carbocycles. The van der Waals surface area contributed by atoms with Gasteiger partial charge in [0, 0.05) is 0 Å². The number of anilines is 1. The Morgan fingerprint density at radius 1 is 1.35 bits per heavy atom. The topological polar surface area (TPSA) is 23.6 Å². The molecule has 2 heterocycles. The normalized spacial score (nSPS) is 23.1. The van der Waals surface area contributed by atoms with Crippen LogP contribution in [0.15, 0.2) is 5.38 Å². The Morgan fingerprint density at radius 3 is 2.35 bits per heavy atom. The Bertz CT molecular complexity index is 462. The highest BCUT2D eigenvalue weighted by atomic mass is 32.1. The van der Waals surface area contributed by atoms with Crippen LogP contribution in [0, 0.1) is 19.3 Å². The molecule has 17 heavy (non-hydrogen) atoms. The van der Waals surface area contributed by atoms with E-state index >= 15 is 0 Å². The minimum atomic E-state index is -0.284. The molecule has 1 fully saturated rings. The van der Waals surface area contributed by atoms with Gasteiger partial charge < -0.3 is 0 Å². The lowest BCUT2D eigenvalue weighted by molar-refractivity contribution is -0.142. The van der Waals surface area contributed by atoms with Crippen molar-refractivity contribution in [1.29, 1.82) is 0 Å². The Labute approximate surface area is 107 Å². The summed E-state index contributed by atoms with van der Waals surface area (Å²) in [6.07, 6.45) is 0.159. The molecule has 0 radical (unpaired) electrons. The highest BCUT2D eigenvalue weighted by Gasteiger charge is 2.56. The second-order valence-corrected chi connectivity index (χ2v) is 6.44. The van der Waals surface area contributed by atoms with Crippen molar-refractivity contribution in [2.24, 2.45) is 5.41 Å². The first-order valence-corrected chi connectivity index (χ1v) is 6.71. The number of amides is 1. The molecule has 1 aromatic rings. The van der Waals surface area contributed by atoms with Crippen molar-refractivity contribution in [3.63, 3.8) is 0 Å². The van der Waals surface area contributed by atoms with Crippen molar-refractivity contribution in [3.8, 4) is 0 Å². The monoisotopic (exact) mass is 252 g/mol. The molecule has 0 bridgehead atoms. The van der Waals surface area contributed by atoms with Gasteiger partial charge in [-0.05, 0) is 58.3 Å². The fourth-order valence-electron chi connectivity index (χ4n) is 2.60. The van der Waals surface area contributed by atoms with E-state index in [1.54, 1.807) is 11.3 Å². The van der Waals surface area contributed by atoms with E-state index < -0.39 is 0 Å². The Hall–Kier alpha value is -0.870. The summed E-state index contributed by atoms with van der Waals surface area (Å²) in [6.45, 7) is 8.22. The van der Waals surface area contributed by atoms with Crippen molar-refractivity contribution in [2.75, 3.05) is 19.0 Å². The Balaban J connectivity index is 2.40. The summed E-state index contributed by atoms with van der Waals surface area (Å²) < 4.78 is 0. The number of aryl methyl sites for hydroxylation is 1. The third-order valence-corrected chi connectivity index (χ3v) is 4.83. The van der Waals surface area contributed by atoms with E-state index in [1.807, 2.05) is 32.8 Å². The van der Waals surface area contributed by atoms with Gasteiger partial charge in [-0.3, -0.25) is 14.6 Å². The number of rotatable bonds is 2. The SMILES string of the molecule is Cc1csc(N2C(=O)C(C)(C)C2N(C)C)c1C. The standard InChI is InChI=1S/C13H20N2OS/c1-8-7-17-10(9(8)2)15-11(14(5)6)13(3,4)12(15)16/h7,11H,1-6H3. The van der Waals surface area contributed by atoms with Gasteiger partial charge in [0.15, 0.2) is 0 Å². The molecule has 3 nitrogen and oxygen atoms in total. The van der Waals surface area contributed by atoms with Crippen LogP contribution in [0.3, 0.4) is 0 Å². The van der Waals surface area contributed by atoms with Gasteiger partial charge in [0.1, 0.15) is 11.2 Å². The first kappa shape index (κ1) is 12.6. The third kappa shape index (κ3) is 1.62. The van der Waals surface area contributed by atoms with Crippen LogP contribution >= 0.6 is 11.3 Å². The molecule has 1 atom stereocenters. The number of hydrogen-bond acceptors (Lipinski definition) is 3. The molecule has 2 rings (SSSR count). The molecule has 1 amide bonds. The van der Waals surface area contributed by atoms with Gasteiger partial charge in [-0.15, -0.1) is 11.3 Å². The molecule has 1 unspecified atom stereocenters. The van der Waals surface area contributed by atoms with Gasteiger partial charge in [-0.1, -0.05) is 0 Å². The van der Waals surface area contributed by atoms with Gasteiger partial charge in [-0.25, -0.2) is 0 Å². The molecule has 1 aliphatic rings. The van der Waals surface area contributed by atoms with Crippen molar-refractivity contribution >= 4 is 22.2 Å². The second-order valence-electron chi connectivity index (χ2n) is 5.58. The van der Waals surface area contributed by atoms with Gasteiger partial charge in [0.05, 0.1) is 5.41 Å². The molecule has 1 aromatic heterocycles. The smallest absolute Gasteiger partial charge is 0.238 e. The number of carbonyl (C=O) groups is 1. The van der Waals surface area contributed by atoms with Crippen molar-refractivity contribution in [3.05, 3.63) is 16.5 Å². The summed E-state index contributed by atoms with van der Waals surface area (Å²) in [6, 6.07) is 0. The zero-order valence-electron chi connectivity index (χ0n) is 11.4. The first-order valence-electron chi connectivity index (χ1n) is 5.83. The summed E-state index contributed by atoms with van der Waals surface area (Å²) in [5.74, 6) is 0.223. The zero-order valence-corrected chi connectivity index (χ0v) is 12.2. The summed E-state index contributed by atoms with van der Waals surface area (Å²) in [4.78, 5) is 16.3.